The van der Waals surface area contributed by atoms with Gasteiger partial charge < -0.3 is 5.11 Å². The lowest BCUT2D eigenvalue weighted by atomic mass is 9.86. The number of hydrogen-bond acceptors (Lipinski definition) is 1. The Hall–Kier alpha value is -1.31. The molecule has 2 heteroatoms. The molecule has 0 bridgehead atoms. The van der Waals surface area contributed by atoms with Gasteiger partial charge in [-0.1, -0.05) is 32.0 Å². The lowest BCUT2D eigenvalue weighted by Gasteiger charge is -2.18. The molecule has 1 aliphatic rings. The Labute approximate surface area is 103 Å². The molecule has 1 saturated carbocycles. The van der Waals surface area contributed by atoms with E-state index < -0.39 is 5.97 Å². The molecular formula is C15H20O2. The van der Waals surface area contributed by atoms with Crippen molar-refractivity contribution in [2.45, 2.75) is 51.4 Å². The minimum absolute atomic E-state index is 0.0532. The SMILES string of the molecule is CCc1ccc(CC)c(C2(CC(=O)O)CC2)c1. The van der Waals surface area contributed by atoms with E-state index in [1.165, 1.54) is 16.7 Å². The van der Waals surface area contributed by atoms with E-state index in [1.807, 2.05) is 0 Å². The van der Waals surface area contributed by atoms with Gasteiger partial charge in [0.15, 0.2) is 0 Å². The summed E-state index contributed by atoms with van der Waals surface area (Å²) in [5.41, 5.74) is 3.87. The summed E-state index contributed by atoms with van der Waals surface area (Å²) >= 11 is 0. The second-order valence-electron chi connectivity index (χ2n) is 5.05. The summed E-state index contributed by atoms with van der Waals surface area (Å²) in [4.78, 5) is 11.0. The van der Waals surface area contributed by atoms with Crippen LogP contribution in [0.3, 0.4) is 0 Å². The maximum absolute atomic E-state index is 11.0. The van der Waals surface area contributed by atoms with E-state index in [4.69, 9.17) is 5.11 Å². The van der Waals surface area contributed by atoms with Crippen molar-refractivity contribution in [2.24, 2.45) is 0 Å². The van der Waals surface area contributed by atoms with Crippen molar-refractivity contribution in [3.63, 3.8) is 0 Å². The third-order valence-corrected chi connectivity index (χ3v) is 3.88. The Morgan fingerprint density at radius 2 is 2.00 bits per heavy atom. The van der Waals surface area contributed by atoms with Gasteiger partial charge in [-0.15, -0.1) is 0 Å². The van der Waals surface area contributed by atoms with Crippen molar-refractivity contribution < 1.29 is 9.90 Å². The minimum atomic E-state index is -0.675. The molecule has 1 fully saturated rings. The lowest BCUT2D eigenvalue weighted by Crippen LogP contribution is -2.15. The van der Waals surface area contributed by atoms with Gasteiger partial charge in [0.2, 0.25) is 0 Å². The highest BCUT2D eigenvalue weighted by Crippen LogP contribution is 2.52. The monoisotopic (exact) mass is 232 g/mol. The van der Waals surface area contributed by atoms with E-state index in [2.05, 4.69) is 32.0 Å². The van der Waals surface area contributed by atoms with Crippen LogP contribution in [0, 0.1) is 0 Å². The fourth-order valence-electron chi connectivity index (χ4n) is 2.63. The van der Waals surface area contributed by atoms with Crippen LogP contribution in [0.25, 0.3) is 0 Å². The maximum Gasteiger partial charge on any atom is 0.304 e. The second-order valence-corrected chi connectivity index (χ2v) is 5.05. The molecule has 1 aromatic carbocycles. The van der Waals surface area contributed by atoms with Crippen LogP contribution in [0.5, 0.6) is 0 Å². The van der Waals surface area contributed by atoms with Gasteiger partial charge in [0, 0.05) is 5.41 Å². The van der Waals surface area contributed by atoms with Crippen LogP contribution < -0.4 is 0 Å². The third kappa shape index (κ3) is 2.36. The Kier molecular flexibility index (Phi) is 3.23. The molecule has 1 aromatic rings. The molecule has 0 aliphatic heterocycles. The molecule has 0 amide bonds. The van der Waals surface area contributed by atoms with Gasteiger partial charge in [0.25, 0.3) is 0 Å². The van der Waals surface area contributed by atoms with Crippen LogP contribution >= 0.6 is 0 Å². The number of aryl methyl sites for hydroxylation is 2. The first-order valence-electron chi connectivity index (χ1n) is 6.45. The van der Waals surface area contributed by atoms with E-state index in [0.717, 1.165) is 25.7 Å². The number of aliphatic carboxylic acids is 1. The molecule has 2 nitrogen and oxygen atoms in total. The first-order chi connectivity index (χ1) is 8.11. The van der Waals surface area contributed by atoms with Gasteiger partial charge in [-0.05, 0) is 42.4 Å². The van der Waals surface area contributed by atoms with E-state index in [0.29, 0.717) is 0 Å². The topological polar surface area (TPSA) is 37.3 Å². The molecule has 0 radical (unpaired) electrons. The largest absolute Gasteiger partial charge is 0.481 e. The fourth-order valence-corrected chi connectivity index (χ4v) is 2.63. The molecule has 0 atom stereocenters. The number of carboxylic acid groups (broad SMARTS) is 1. The fraction of sp³-hybridized carbons (Fsp3) is 0.533. The summed E-state index contributed by atoms with van der Waals surface area (Å²) in [5.74, 6) is -0.675. The van der Waals surface area contributed by atoms with Gasteiger partial charge >= 0.3 is 5.97 Å². The Morgan fingerprint density at radius 1 is 1.29 bits per heavy atom. The number of rotatable bonds is 5. The predicted octanol–water partition coefficient (Wildman–Crippen LogP) is 3.32. The van der Waals surface area contributed by atoms with Crippen LogP contribution in [-0.2, 0) is 23.1 Å². The highest BCUT2D eigenvalue weighted by Gasteiger charge is 2.46. The van der Waals surface area contributed by atoms with Crippen LogP contribution in [0.1, 0.15) is 49.8 Å². The first-order valence-corrected chi connectivity index (χ1v) is 6.45. The van der Waals surface area contributed by atoms with Gasteiger partial charge in [-0.2, -0.15) is 0 Å². The normalized spacial score (nSPS) is 16.8. The standard InChI is InChI=1S/C15H20O2/c1-3-11-5-6-12(4-2)13(9-11)15(7-8-15)10-14(16)17/h5-6,9H,3-4,7-8,10H2,1-2H3,(H,16,17). The molecular weight excluding hydrogens is 212 g/mol. The van der Waals surface area contributed by atoms with Crippen molar-refractivity contribution in [2.75, 3.05) is 0 Å². The van der Waals surface area contributed by atoms with Crippen molar-refractivity contribution in [3.05, 3.63) is 34.9 Å². The van der Waals surface area contributed by atoms with E-state index in [1.54, 1.807) is 0 Å². The smallest absolute Gasteiger partial charge is 0.304 e. The summed E-state index contributed by atoms with van der Waals surface area (Å²) in [6, 6.07) is 6.57. The number of carbonyl (C=O) groups is 1. The molecule has 1 N–H and O–H groups in total. The van der Waals surface area contributed by atoms with Crippen LogP contribution in [0.2, 0.25) is 0 Å². The van der Waals surface area contributed by atoms with E-state index >= 15 is 0 Å². The average molecular weight is 232 g/mol. The number of benzene rings is 1. The molecule has 0 aromatic heterocycles. The van der Waals surface area contributed by atoms with Gasteiger partial charge in [-0.3, -0.25) is 4.79 Å². The van der Waals surface area contributed by atoms with Crippen molar-refractivity contribution in [1.29, 1.82) is 0 Å². The summed E-state index contributed by atoms with van der Waals surface area (Å²) < 4.78 is 0. The predicted molar refractivity (Wildman–Crippen MR) is 68.4 cm³/mol. The molecule has 0 unspecified atom stereocenters. The second kappa shape index (κ2) is 4.52. The molecule has 0 spiro atoms. The summed E-state index contributed by atoms with van der Waals surface area (Å²) in [6.45, 7) is 4.28. The number of carboxylic acids is 1. The zero-order chi connectivity index (χ0) is 12.5. The van der Waals surface area contributed by atoms with Crippen LogP contribution in [-0.4, -0.2) is 11.1 Å². The van der Waals surface area contributed by atoms with Crippen molar-refractivity contribution in [3.8, 4) is 0 Å². The molecule has 2 rings (SSSR count). The highest BCUT2D eigenvalue weighted by molar-refractivity contribution is 5.70. The van der Waals surface area contributed by atoms with E-state index in [9.17, 15) is 4.79 Å². The van der Waals surface area contributed by atoms with Crippen molar-refractivity contribution in [1.82, 2.24) is 0 Å². The Balaban J connectivity index is 2.39. The zero-order valence-corrected chi connectivity index (χ0v) is 10.6. The van der Waals surface area contributed by atoms with Crippen LogP contribution in [0.15, 0.2) is 18.2 Å². The maximum atomic E-state index is 11.0. The van der Waals surface area contributed by atoms with Gasteiger partial charge in [0.05, 0.1) is 6.42 Å². The molecule has 0 heterocycles. The Morgan fingerprint density at radius 3 is 2.47 bits per heavy atom. The third-order valence-electron chi connectivity index (χ3n) is 3.88. The number of hydrogen-bond donors (Lipinski definition) is 1. The molecule has 0 saturated heterocycles. The van der Waals surface area contributed by atoms with Crippen LogP contribution in [0.4, 0.5) is 0 Å². The summed E-state index contributed by atoms with van der Waals surface area (Å²) in [7, 11) is 0. The minimum Gasteiger partial charge on any atom is -0.481 e. The Bertz CT molecular complexity index is 431. The first kappa shape index (κ1) is 12.2. The molecule has 92 valence electrons. The van der Waals surface area contributed by atoms with Gasteiger partial charge in [0.1, 0.15) is 0 Å². The molecule has 1 aliphatic carbocycles. The summed E-state index contributed by atoms with van der Waals surface area (Å²) in [5, 5.41) is 9.04. The quantitative estimate of drug-likeness (QED) is 0.845. The summed E-state index contributed by atoms with van der Waals surface area (Å²) in [6.07, 6.45) is 4.34. The zero-order valence-electron chi connectivity index (χ0n) is 10.6. The molecule has 17 heavy (non-hydrogen) atoms. The van der Waals surface area contributed by atoms with Crippen molar-refractivity contribution >= 4 is 5.97 Å². The average Bonchev–Trinajstić information content (AvgIpc) is 3.08. The van der Waals surface area contributed by atoms with E-state index in [-0.39, 0.29) is 11.8 Å². The van der Waals surface area contributed by atoms with Gasteiger partial charge in [-0.25, -0.2) is 0 Å². The lowest BCUT2D eigenvalue weighted by molar-refractivity contribution is -0.137. The highest BCUT2D eigenvalue weighted by atomic mass is 16.4.